The zero-order valence-corrected chi connectivity index (χ0v) is 32.2. The van der Waals surface area contributed by atoms with Crippen molar-refractivity contribution in [2.75, 3.05) is 33.0 Å². The first kappa shape index (κ1) is 42.5. The number of aromatic nitrogens is 1. The number of nitrogens with zero attached hydrogens (tertiary/aromatic N) is 2. The normalized spacial score (nSPS) is 13.1. The number of hydrogen-bond donors (Lipinski definition) is 7. The van der Waals surface area contributed by atoms with Crippen LogP contribution in [0.3, 0.4) is 0 Å². The van der Waals surface area contributed by atoms with Crippen LogP contribution in [0.4, 0.5) is 10.5 Å². The van der Waals surface area contributed by atoms with Crippen molar-refractivity contribution in [2.45, 2.75) is 69.6 Å². The van der Waals surface area contributed by atoms with Gasteiger partial charge in [-0.15, -0.1) is 0 Å². The minimum absolute atomic E-state index is 0.0537. The first-order chi connectivity index (χ1) is 26.8. The third-order valence-corrected chi connectivity index (χ3v) is 9.86. The summed E-state index contributed by atoms with van der Waals surface area (Å²) < 4.78 is 0. The molecule has 0 spiro atoms. The van der Waals surface area contributed by atoms with E-state index in [0.717, 1.165) is 26.9 Å². The number of urea groups is 1. The highest BCUT2D eigenvalue weighted by atomic mass is 16.4. The number of unbranched alkanes of at least 4 members (excludes halogenated alkanes) is 1. The predicted molar refractivity (Wildman–Crippen MR) is 214 cm³/mol. The van der Waals surface area contributed by atoms with Gasteiger partial charge in [0.15, 0.2) is 0 Å². The number of primary amides is 1. The molecule has 4 rings (SSSR count). The Labute approximate surface area is 326 Å². The molecule has 6 amide bonds. The Morgan fingerprint density at radius 2 is 1.46 bits per heavy atom. The SMILES string of the molecule is CN[C@@H](Cc1c[nH]c2ccccc12)C(=O)N(C)[C@@H](CCCCNC(=O)Nc1ccccc1C)C(=O)N(C)[C@@H](CC(=O)O)C(=O)N[C@@H](Cc1ccccc1)C(N)=O. The van der Waals surface area contributed by atoms with Crippen molar-refractivity contribution >= 4 is 52.2 Å². The average molecular weight is 769 g/mol. The number of amides is 6. The predicted octanol–water partition coefficient (Wildman–Crippen LogP) is 2.94. The van der Waals surface area contributed by atoms with Gasteiger partial charge >= 0.3 is 12.0 Å². The summed E-state index contributed by atoms with van der Waals surface area (Å²) >= 11 is 0. The quantitative estimate of drug-likeness (QED) is 0.0662. The van der Waals surface area contributed by atoms with Gasteiger partial charge in [0.05, 0.1) is 12.5 Å². The fourth-order valence-electron chi connectivity index (χ4n) is 6.56. The van der Waals surface area contributed by atoms with Crippen molar-refractivity contribution in [2.24, 2.45) is 5.73 Å². The number of carbonyl (C=O) groups is 6. The fourth-order valence-corrected chi connectivity index (χ4v) is 6.56. The number of anilines is 1. The van der Waals surface area contributed by atoms with Crippen LogP contribution in [0.2, 0.25) is 0 Å². The third-order valence-electron chi connectivity index (χ3n) is 9.86. The Morgan fingerprint density at radius 3 is 2.14 bits per heavy atom. The van der Waals surface area contributed by atoms with Gasteiger partial charge in [-0.1, -0.05) is 66.7 Å². The van der Waals surface area contributed by atoms with Crippen molar-refractivity contribution < 1.29 is 33.9 Å². The number of aliphatic carboxylic acids is 1. The minimum Gasteiger partial charge on any atom is -0.481 e. The number of para-hydroxylation sites is 2. The number of rotatable bonds is 20. The summed E-state index contributed by atoms with van der Waals surface area (Å²) in [5.74, 6) is -4.13. The highest BCUT2D eigenvalue weighted by Crippen LogP contribution is 2.21. The lowest BCUT2D eigenvalue weighted by molar-refractivity contribution is -0.151. The first-order valence-electron chi connectivity index (χ1n) is 18.5. The number of aryl methyl sites for hydroxylation is 1. The summed E-state index contributed by atoms with van der Waals surface area (Å²) in [6.07, 6.45) is 2.39. The second kappa shape index (κ2) is 20.5. The van der Waals surface area contributed by atoms with E-state index < -0.39 is 66.2 Å². The van der Waals surface area contributed by atoms with Crippen LogP contribution in [-0.2, 0) is 36.8 Å². The van der Waals surface area contributed by atoms with Crippen LogP contribution in [0, 0.1) is 6.92 Å². The van der Waals surface area contributed by atoms with Crippen molar-refractivity contribution in [3.05, 3.63) is 102 Å². The average Bonchev–Trinajstić information content (AvgIpc) is 3.59. The van der Waals surface area contributed by atoms with E-state index in [0.29, 0.717) is 30.5 Å². The van der Waals surface area contributed by atoms with Crippen molar-refractivity contribution in [1.82, 2.24) is 30.7 Å². The number of likely N-dealkylation sites (N-methyl/N-ethyl adjacent to an activating group) is 3. The molecule has 1 aromatic heterocycles. The molecular formula is C41H52N8O7. The number of carboxylic acid groups (broad SMARTS) is 1. The Balaban J connectivity index is 1.52. The number of fused-ring (bicyclic) bond motifs is 1. The molecule has 56 heavy (non-hydrogen) atoms. The van der Waals surface area contributed by atoms with Crippen LogP contribution < -0.4 is 27.0 Å². The standard InChI is InChI=1S/C41H52N8O7/c1-26-14-8-10-18-30(26)47-41(56)44-21-13-12-20-34(48(3)39(54)33(43-2)23-28-25-45-31-19-11-9-17-29(28)31)40(55)49(4)35(24-36(50)51)38(53)46-32(37(42)52)22-27-15-6-5-7-16-27/h5-11,14-19,25,32-35,43,45H,12-13,20-24H2,1-4H3,(H2,42,52)(H,46,53)(H,50,51)(H2,44,47,56)/t32-,33-,34-,35-/m0/s1. The van der Waals surface area contributed by atoms with Gasteiger partial charge in [0.25, 0.3) is 0 Å². The van der Waals surface area contributed by atoms with Crippen LogP contribution in [-0.4, -0.2) is 107 Å². The van der Waals surface area contributed by atoms with Gasteiger partial charge in [0.2, 0.25) is 23.6 Å². The van der Waals surface area contributed by atoms with Crippen LogP contribution in [0.5, 0.6) is 0 Å². The van der Waals surface area contributed by atoms with Gasteiger partial charge in [-0.25, -0.2) is 4.79 Å². The maximum absolute atomic E-state index is 14.4. The van der Waals surface area contributed by atoms with E-state index in [1.807, 2.05) is 55.6 Å². The zero-order valence-electron chi connectivity index (χ0n) is 32.2. The van der Waals surface area contributed by atoms with Gasteiger partial charge in [-0.3, -0.25) is 24.0 Å². The molecule has 15 heteroatoms. The second-order valence-corrected chi connectivity index (χ2v) is 13.8. The Bertz CT molecular complexity index is 1980. The zero-order chi connectivity index (χ0) is 40.8. The summed E-state index contributed by atoms with van der Waals surface area (Å²) in [7, 11) is 4.46. The number of hydrogen-bond acceptors (Lipinski definition) is 7. The van der Waals surface area contributed by atoms with Crippen LogP contribution in [0.15, 0.2) is 85.1 Å². The molecule has 298 valence electrons. The van der Waals surface area contributed by atoms with Gasteiger partial charge in [-0.05, 0) is 68.5 Å². The molecule has 0 aliphatic rings. The van der Waals surface area contributed by atoms with E-state index in [9.17, 15) is 33.9 Å². The van der Waals surface area contributed by atoms with Gasteiger partial charge < -0.3 is 46.9 Å². The highest BCUT2D eigenvalue weighted by molar-refractivity contribution is 5.96. The molecular weight excluding hydrogens is 716 g/mol. The van der Waals surface area contributed by atoms with Crippen molar-refractivity contribution in [1.29, 1.82) is 0 Å². The van der Waals surface area contributed by atoms with E-state index in [-0.39, 0.29) is 19.4 Å². The molecule has 0 bridgehead atoms. The Morgan fingerprint density at radius 1 is 0.804 bits per heavy atom. The van der Waals surface area contributed by atoms with Crippen LogP contribution >= 0.6 is 0 Å². The number of benzene rings is 3. The molecule has 0 radical (unpaired) electrons. The number of H-pyrrole nitrogens is 1. The van der Waals surface area contributed by atoms with E-state index in [4.69, 9.17) is 5.73 Å². The fraction of sp³-hybridized carbons (Fsp3) is 0.366. The van der Waals surface area contributed by atoms with E-state index >= 15 is 0 Å². The van der Waals surface area contributed by atoms with Crippen LogP contribution in [0.1, 0.15) is 42.4 Å². The molecule has 0 unspecified atom stereocenters. The molecule has 4 atom stereocenters. The summed E-state index contributed by atoms with van der Waals surface area (Å²) in [5.41, 5.74) is 9.73. The summed E-state index contributed by atoms with van der Waals surface area (Å²) in [6, 6.07) is 18.9. The lowest BCUT2D eigenvalue weighted by Gasteiger charge is -2.35. The number of nitrogens with one attached hydrogen (secondary N) is 5. The minimum atomic E-state index is -1.54. The maximum Gasteiger partial charge on any atom is 0.319 e. The molecule has 0 saturated heterocycles. The van der Waals surface area contributed by atoms with Crippen LogP contribution in [0.25, 0.3) is 10.9 Å². The van der Waals surface area contributed by atoms with Gasteiger partial charge in [0.1, 0.15) is 18.1 Å². The van der Waals surface area contributed by atoms with Crippen molar-refractivity contribution in [3.8, 4) is 0 Å². The van der Waals surface area contributed by atoms with Crippen molar-refractivity contribution in [3.63, 3.8) is 0 Å². The largest absolute Gasteiger partial charge is 0.481 e. The van der Waals surface area contributed by atoms with E-state index in [1.54, 1.807) is 43.4 Å². The molecule has 1 heterocycles. The lowest BCUT2D eigenvalue weighted by atomic mass is 10.0. The monoisotopic (exact) mass is 768 g/mol. The number of nitrogens with two attached hydrogens (primary N) is 1. The molecule has 0 aliphatic heterocycles. The van der Waals surface area contributed by atoms with Gasteiger partial charge in [-0.2, -0.15) is 0 Å². The molecule has 0 aliphatic carbocycles. The summed E-state index contributed by atoms with van der Waals surface area (Å²) in [5, 5.41) is 22.0. The van der Waals surface area contributed by atoms with E-state index in [1.165, 1.54) is 19.0 Å². The molecule has 0 saturated carbocycles. The number of aromatic amines is 1. The Kier molecular flexibility index (Phi) is 15.5. The van der Waals surface area contributed by atoms with E-state index in [2.05, 4.69) is 26.3 Å². The third kappa shape index (κ3) is 11.6. The van der Waals surface area contributed by atoms with Gasteiger partial charge in [0, 0.05) is 49.8 Å². The molecule has 15 nitrogen and oxygen atoms in total. The number of carboxylic acids is 1. The highest BCUT2D eigenvalue weighted by Gasteiger charge is 2.38. The lowest BCUT2D eigenvalue weighted by Crippen LogP contribution is -2.59. The first-order valence-corrected chi connectivity index (χ1v) is 18.5. The molecule has 0 fully saturated rings. The molecule has 8 N–H and O–H groups in total. The number of carbonyl (C=O) groups excluding carboxylic acids is 5. The smallest absolute Gasteiger partial charge is 0.319 e. The maximum atomic E-state index is 14.4. The second-order valence-electron chi connectivity index (χ2n) is 13.8. The topological polar surface area (TPSA) is 219 Å². The summed E-state index contributed by atoms with van der Waals surface area (Å²) in [4.78, 5) is 84.8. The summed E-state index contributed by atoms with van der Waals surface area (Å²) in [6.45, 7) is 2.15. The molecule has 4 aromatic rings. The molecule has 3 aromatic carbocycles. The Hall–Kier alpha value is -6.22.